The maximum Gasteiger partial charge on any atom is 0.416 e. The zero-order valence-electron chi connectivity index (χ0n) is 12.1. The minimum absolute atomic E-state index is 0.00656. The average Bonchev–Trinajstić information content (AvgIpc) is 3.17. The lowest BCUT2D eigenvalue weighted by atomic mass is 10.1. The van der Waals surface area contributed by atoms with Crippen LogP contribution in [0.2, 0.25) is 0 Å². The maximum absolute atomic E-state index is 12.7. The van der Waals surface area contributed by atoms with E-state index in [4.69, 9.17) is 4.52 Å². The van der Waals surface area contributed by atoms with E-state index in [1.54, 1.807) is 0 Å². The SMILES string of the molecule is O=S(Cc1cccc(C(F)(F)F)c1)Cc1nc(-c2ccsc2)no1. The first-order chi connectivity index (χ1) is 11.4. The van der Waals surface area contributed by atoms with Gasteiger partial charge in [-0.15, -0.1) is 0 Å². The predicted molar refractivity (Wildman–Crippen MR) is 84.6 cm³/mol. The first-order valence-electron chi connectivity index (χ1n) is 6.78. The van der Waals surface area contributed by atoms with Crippen LogP contribution in [0.1, 0.15) is 17.0 Å². The van der Waals surface area contributed by atoms with Gasteiger partial charge in [0.15, 0.2) is 0 Å². The minimum atomic E-state index is -4.42. The molecule has 3 aromatic rings. The first kappa shape index (κ1) is 16.8. The Bertz CT molecular complexity index is 845. The molecular formula is C15H11F3N2O2S2. The molecule has 2 heterocycles. The molecule has 1 atom stereocenters. The molecule has 0 saturated heterocycles. The second kappa shape index (κ2) is 6.86. The third-order valence-electron chi connectivity index (χ3n) is 3.11. The van der Waals surface area contributed by atoms with Gasteiger partial charge in [0.05, 0.1) is 5.56 Å². The van der Waals surface area contributed by atoms with Gasteiger partial charge < -0.3 is 4.52 Å². The van der Waals surface area contributed by atoms with Crippen molar-refractivity contribution in [3.05, 3.63) is 58.1 Å². The number of hydrogen-bond acceptors (Lipinski definition) is 5. The van der Waals surface area contributed by atoms with Crippen molar-refractivity contribution in [2.75, 3.05) is 0 Å². The Morgan fingerprint density at radius 2 is 2.04 bits per heavy atom. The Hall–Kier alpha value is -2.00. The van der Waals surface area contributed by atoms with Crippen LogP contribution < -0.4 is 0 Å². The average molecular weight is 372 g/mol. The van der Waals surface area contributed by atoms with Crippen LogP contribution in [0.25, 0.3) is 11.4 Å². The van der Waals surface area contributed by atoms with Gasteiger partial charge in [-0.05, 0) is 23.1 Å². The molecule has 0 aliphatic carbocycles. The topological polar surface area (TPSA) is 56.0 Å². The lowest BCUT2D eigenvalue weighted by Gasteiger charge is -2.08. The molecule has 3 rings (SSSR count). The summed E-state index contributed by atoms with van der Waals surface area (Å²) < 4.78 is 55.2. The van der Waals surface area contributed by atoms with Crippen molar-refractivity contribution in [2.24, 2.45) is 0 Å². The monoisotopic (exact) mass is 372 g/mol. The van der Waals surface area contributed by atoms with Gasteiger partial charge >= 0.3 is 6.18 Å². The molecule has 9 heteroatoms. The minimum Gasteiger partial charge on any atom is -0.338 e. The highest BCUT2D eigenvalue weighted by atomic mass is 32.2. The zero-order chi connectivity index (χ0) is 17.2. The number of thiophene rings is 1. The van der Waals surface area contributed by atoms with Crippen LogP contribution in [-0.4, -0.2) is 14.3 Å². The van der Waals surface area contributed by atoms with Crippen molar-refractivity contribution in [3.63, 3.8) is 0 Å². The van der Waals surface area contributed by atoms with Crippen molar-refractivity contribution >= 4 is 22.1 Å². The molecule has 2 aromatic heterocycles. The number of halogens is 3. The fourth-order valence-electron chi connectivity index (χ4n) is 2.03. The summed E-state index contributed by atoms with van der Waals surface area (Å²) in [6.07, 6.45) is -4.42. The molecule has 0 bridgehead atoms. The van der Waals surface area contributed by atoms with Crippen LogP contribution in [0.3, 0.4) is 0 Å². The normalized spacial score (nSPS) is 13.1. The van der Waals surface area contributed by atoms with Gasteiger partial charge in [-0.1, -0.05) is 23.4 Å². The van der Waals surface area contributed by atoms with E-state index in [0.29, 0.717) is 11.4 Å². The van der Waals surface area contributed by atoms with E-state index in [1.165, 1.54) is 23.5 Å². The van der Waals surface area contributed by atoms with E-state index in [1.807, 2.05) is 16.8 Å². The molecule has 0 N–H and O–H groups in total. The van der Waals surface area contributed by atoms with Gasteiger partial charge in [-0.3, -0.25) is 4.21 Å². The van der Waals surface area contributed by atoms with Gasteiger partial charge in [0, 0.05) is 27.5 Å². The molecule has 126 valence electrons. The first-order valence-corrected chi connectivity index (χ1v) is 9.21. The predicted octanol–water partition coefficient (Wildman–Crippen LogP) is 4.27. The highest BCUT2D eigenvalue weighted by Gasteiger charge is 2.30. The number of alkyl halides is 3. The molecule has 0 aliphatic heterocycles. The second-order valence-corrected chi connectivity index (χ2v) is 7.19. The Morgan fingerprint density at radius 1 is 1.21 bits per heavy atom. The van der Waals surface area contributed by atoms with Crippen LogP contribution in [-0.2, 0) is 28.5 Å². The van der Waals surface area contributed by atoms with E-state index < -0.39 is 22.5 Å². The van der Waals surface area contributed by atoms with Gasteiger partial charge in [0.25, 0.3) is 0 Å². The lowest BCUT2D eigenvalue weighted by Crippen LogP contribution is -2.06. The number of nitrogens with zero attached hydrogens (tertiary/aromatic N) is 2. The Labute approximate surface area is 141 Å². The molecule has 4 nitrogen and oxygen atoms in total. The summed E-state index contributed by atoms with van der Waals surface area (Å²) in [5, 5.41) is 7.53. The highest BCUT2D eigenvalue weighted by Crippen LogP contribution is 2.29. The number of hydrogen-bond donors (Lipinski definition) is 0. The summed E-state index contributed by atoms with van der Waals surface area (Å²) in [6, 6.07) is 6.63. The van der Waals surface area contributed by atoms with Crippen molar-refractivity contribution in [3.8, 4) is 11.4 Å². The molecular weight excluding hydrogens is 361 g/mol. The van der Waals surface area contributed by atoms with Gasteiger partial charge in [0.2, 0.25) is 11.7 Å². The number of rotatable bonds is 5. The summed E-state index contributed by atoms with van der Waals surface area (Å²) >= 11 is 1.49. The molecule has 1 aromatic carbocycles. The Morgan fingerprint density at radius 3 is 2.75 bits per heavy atom. The smallest absolute Gasteiger partial charge is 0.338 e. The van der Waals surface area contributed by atoms with Crippen LogP contribution in [0.5, 0.6) is 0 Å². The Kier molecular flexibility index (Phi) is 4.81. The van der Waals surface area contributed by atoms with E-state index in [9.17, 15) is 17.4 Å². The fourth-order valence-corrected chi connectivity index (χ4v) is 3.71. The van der Waals surface area contributed by atoms with E-state index in [0.717, 1.165) is 17.7 Å². The van der Waals surface area contributed by atoms with E-state index in [-0.39, 0.29) is 17.4 Å². The molecule has 0 spiro atoms. The van der Waals surface area contributed by atoms with Gasteiger partial charge in [-0.2, -0.15) is 29.5 Å². The quantitative estimate of drug-likeness (QED) is 0.671. The number of benzene rings is 1. The molecule has 0 saturated carbocycles. The van der Waals surface area contributed by atoms with Crippen LogP contribution in [0.15, 0.2) is 45.6 Å². The van der Waals surface area contributed by atoms with Gasteiger partial charge in [-0.25, -0.2) is 0 Å². The van der Waals surface area contributed by atoms with Gasteiger partial charge in [0.1, 0.15) is 5.75 Å². The summed E-state index contributed by atoms with van der Waals surface area (Å²) in [5.41, 5.74) is 0.397. The third-order valence-corrected chi connectivity index (χ3v) is 5.02. The van der Waals surface area contributed by atoms with E-state index in [2.05, 4.69) is 10.1 Å². The third kappa shape index (κ3) is 4.09. The van der Waals surface area contributed by atoms with Crippen LogP contribution >= 0.6 is 11.3 Å². The summed E-state index contributed by atoms with van der Waals surface area (Å²) in [6.45, 7) is 0. The molecule has 1 unspecified atom stereocenters. The maximum atomic E-state index is 12.7. The van der Waals surface area contributed by atoms with Crippen molar-refractivity contribution in [2.45, 2.75) is 17.7 Å². The lowest BCUT2D eigenvalue weighted by molar-refractivity contribution is -0.137. The largest absolute Gasteiger partial charge is 0.416 e. The highest BCUT2D eigenvalue weighted by molar-refractivity contribution is 7.83. The van der Waals surface area contributed by atoms with Crippen molar-refractivity contribution < 1.29 is 21.9 Å². The fraction of sp³-hybridized carbons (Fsp3) is 0.200. The van der Waals surface area contributed by atoms with Crippen molar-refractivity contribution in [1.29, 1.82) is 0 Å². The summed E-state index contributed by atoms with van der Waals surface area (Å²) in [4.78, 5) is 4.15. The summed E-state index contributed by atoms with van der Waals surface area (Å²) in [7, 11) is -1.45. The number of aromatic nitrogens is 2. The summed E-state index contributed by atoms with van der Waals surface area (Å²) in [5.74, 6) is 0.580. The molecule has 0 fully saturated rings. The van der Waals surface area contributed by atoms with Crippen molar-refractivity contribution in [1.82, 2.24) is 10.1 Å². The van der Waals surface area contributed by atoms with E-state index >= 15 is 0 Å². The van der Waals surface area contributed by atoms with Crippen LogP contribution in [0.4, 0.5) is 13.2 Å². The van der Waals surface area contributed by atoms with Crippen LogP contribution in [0, 0.1) is 0 Å². The standard InChI is InChI=1S/C15H11F3N2O2S2/c16-15(17,18)12-3-1-2-10(6-12)8-24(21)9-13-19-14(20-22-13)11-4-5-23-7-11/h1-7H,8-9H2. The molecule has 0 amide bonds. The second-order valence-electron chi connectivity index (χ2n) is 4.95. The Balaban J connectivity index is 1.66. The molecule has 0 radical (unpaired) electrons. The zero-order valence-corrected chi connectivity index (χ0v) is 13.7. The molecule has 0 aliphatic rings. The molecule has 24 heavy (non-hydrogen) atoms.